The van der Waals surface area contributed by atoms with Gasteiger partial charge in [-0.3, -0.25) is 9.69 Å². The summed E-state index contributed by atoms with van der Waals surface area (Å²) in [6.45, 7) is 9.53. The molecule has 0 spiro atoms. The van der Waals surface area contributed by atoms with Crippen LogP contribution in [0.25, 0.3) is 5.69 Å². The predicted octanol–water partition coefficient (Wildman–Crippen LogP) is 7.74. The van der Waals surface area contributed by atoms with Crippen LogP contribution in [0.1, 0.15) is 44.6 Å². The third kappa shape index (κ3) is 10.6. The highest BCUT2D eigenvalue weighted by molar-refractivity contribution is 8.14. The van der Waals surface area contributed by atoms with Gasteiger partial charge in [-0.2, -0.15) is 10.1 Å². The molecular formula is C33H35F3N6O4S. The maximum Gasteiger partial charge on any atom is 0.573 e. The second-order valence-electron chi connectivity index (χ2n) is 11.3. The fourth-order valence-electron chi connectivity index (χ4n) is 4.31. The first-order chi connectivity index (χ1) is 22.2. The minimum atomic E-state index is -4.76. The molecular weight excluding hydrogens is 633 g/mol. The quantitative estimate of drug-likeness (QED) is 0.105. The standard InChI is InChI=1S/C33H35F3N6O4S/c1-6-47-31(41(21-43)27-19-22(2)7-17-28(27)46-32(3,4)5)39-30(44)38-24-11-8-23(9-12-24)10-18-29-37-20-42(40-29)25-13-15-26(16-14-25)45-33(34,35)36/h7-9,11-17,19-21H,6,10,18H2,1-5H3,(H,38,44)/b39-31-. The highest BCUT2D eigenvalue weighted by Gasteiger charge is 2.31. The Morgan fingerprint density at radius 2 is 1.72 bits per heavy atom. The van der Waals surface area contributed by atoms with E-state index in [4.69, 9.17) is 4.74 Å². The first-order valence-corrected chi connectivity index (χ1v) is 15.6. The van der Waals surface area contributed by atoms with Crippen molar-refractivity contribution in [3.63, 3.8) is 0 Å². The Hall–Kier alpha value is -4.85. The van der Waals surface area contributed by atoms with Crippen molar-refractivity contribution in [3.8, 4) is 17.2 Å². The van der Waals surface area contributed by atoms with Gasteiger partial charge >= 0.3 is 12.4 Å². The van der Waals surface area contributed by atoms with Crippen molar-refractivity contribution in [2.24, 2.45) is 4.99 Å². The Balaban J connectivity index is 1.39. The number of aryl methyl sites for hydroxylation is 3. The number of nitrogens with zero attached hydrogens (tertiary/aromatic N) is 5. The molecule has 1 N–H and O–H groups in total. The van der Waals surface area contributed by atoms with Crippen LogP contribution in [0.5, 0.6) is 11.5 Å². The van der Waals surface area contributed by atoms with E-state index in [1.165, 1.54) is 51.9 Å². The van der Waals surface area contributed by atoms with Crippen LogP contribution in [0.2, 0.25) is 0 Å². The second kappa shape index (κ2) is 15.2. The number of benzene rings is 3. The molecule has 0 bridgehead atoms. The normalized spacial score (nSPS) is 12.0. The first kappa shape index (κ1) is 35.0. The van der Waals surface area contributed by atoms with Crippen molar-refractivity contribution >= 4 is 40.7 Å². The number of aliphatic imine (C=N–C) groups is 1. The molecule has 0 aliphatic carbocycles. The fourth-order valence-corrected chi connectivity index (χ4v) is 4.99. The van der Waals surface area contributed by atoms with Crippen LogP contribution in [0.3, 0.4) is 0 Å². The summed E-state index contributed by atoms with van der Waals surface area (Å²) in [6, 6.07) is 17.4. The Morgan fingerprint density at radius 1 is 1.02 bits per heavy atom. The number of amides is 3. The molecule has 4 rings (SSSR count). The van der Waals surface area contributed by atoms with Crippen LogP contribution in [-0.2, 0) is 17.6 Å². The van der Waals surface area contributed by atoms with E-state index in [1.807, 2.05) is 58.9 Å². The minimum absolute atomic E-state index is 0.207. The van der Waals surface area contributed by atoms with E-state index in [0.717, 1.165) is 11.1 Å². The molecule has 1 aromatic heterocycles. The summed E-state index contributed by atoms with van der Waals surface area (Å²) in [5, 5.41) is 7.36. The van der Waals surface area contributed by atoms with Gasteiger partial charge in [-0.05, 0) is 99.5 Å². The summed E-state index contributed by atoms with van der Waals surface area (Å²) in [6.07, 6.45) is -1.53. The molecule has 47 heavy (non-hydrogen) atoms. The molecule has 0 aliphatic rings. The number of halogens is 3. The molecule has 0 fully saturated rings. The number of nitrogens with one attached hydrogen (secondary N) is 1. The third-order valence-corrected chi connectivity index (χ3v) is 7.12. The largest absolute Gasteiger partial charge is 0.573 e. The van der Waals surface area contributed by atoms with Gasteiger partial charge in [-0.1, -0.05) is 36.9 Å². The van der Waals surface area contributed by atoms with E-state index in [0.29, 0.717) is 53.6 Å². The molecule has 3 aromatic carbocycles. The Kier molecular flexibility index (Phi) is 11.3. The van der Waals surface area contributed by atoms with Crippen LogP contribution in [0.4, 0.5) is 29.3 Å². The van der Waals surface area contributed by atoms with Gasteiger partial charge < -0.3 is 14.8 Å². The van der Waals surface area contributed by atoms with Crippen molar-refractivity contribution in [1.82, 2.24) is 14.8 Å². The lowest BCUT2D eigenvalue weighted by Gasteiger charge is -2.27. The zero-order valence-electron chi connectivity index (χ0n) is 26.5. The molecule has 3 amide bonds. The van der Waals surface area contributed by atoms with Crippen molar-refractivity contribution in [3.05, 3.63) is 90.0 Å². The molecule has 0 saturated heterocycles. The molecule has 14 heteroatoms. The SMILES string of the molecule is CCS/C(=N\C(=O)Nc1ccc(CCc2ncn(-c3ccc(OC(F)(F)F)cc3)n2)cc1)N(C=O)c1cc(C)ccc1OC(C)(C)C. The van der Waals surface area contributed by atoms with E-state index in [9.17, 15) is 22.8 Å². The Bertz CT molecular complexity index is 1700. The van der Waals surface area contributed by atoms with Crippen LogP contribution in [0.15, 0.2) is 78.0 Å². The van der Waals surface area contributed by atoms with E-state index in [-0.39, 0.29) is 10.9 Å². The maximum atomic E-state index is 13.0. The number of amidine groups is 1. The first-order valence-electron chi connectivity index (χ1n) is 14.7. The summed E-state index contributed by atoms with van der Waals surface area (Å²) in [4.78, 5) is 35.1. The lowest BCUT2D eigenvalue weighted by atomic mass is 10.1. The fraction of sp³-hybridized carbons (Fsp3) is 0.303. The van der Waals surface area contributed by atoms with Gasteiger partial charge in [0.2, 0.25) is 6.41 Å². The minimum Gasteiger partial charge on any atom is -0.486 e. The van der Waals surface area contributed by atoms with Crippen molar-refractivity contribution < 1.29 is 32.2 Å². The number of hydrogen-bond donors (Lipinski definition) is 1. The van der Waals surface area contributed by atoms with Crippen LogP contribution in [-0.4, -0.2) is 50.1 Å². The molecule has 0 unspecified atom stereocenters. The summed E-state index contributed by atoms with van der Waals surface area (Å²) in [7, 11) is 0. The number of alkyl halides is 3. The molecule has 0 aliphatic heterocycles. The summed E-state index contributed by atoms with van der Waals surface area (Å²) in [5.74, 6) is 1.30. The van der Waals surface area contributed by atoms with Gasteiger partial charge in [0.25, 0.3) is 0 Å². The molecule has 4 aromatic rings. The van der Waals surface area contributed by atoms with Crippen LogP contribution < -0.4 is 19.7 Å². The second-order valence-corrected chi connectivity index (χ2v) is 12.5. The average molecular weight is 669 g/mol. The monoisotopic (exact) mass is 668 g/mol. The number of ether oxygens (including phenoxy) is 2. The third-order valence-electron chi connectivity index (χ3n) is 6.29. The lowest BCUT2D eigenvalue weighted by molar-refractivity contribution is -0.274. The summed E-state index contributed by atoms with van der Waals surface area (Å²) < 4.78 is 48.7. The zero-order chi connectivity index (χ0) is 34.2. The summed E-state index contributed by atoms with van der Waals surface area (Å²) >= 11 is 1.25. The van der Waals surface area contributed by atoms with E-state index < -0.39 is 18.0 Å². The van der Waals surface area contributed by atoms with Crippen LogP contribution in [0, 0.1) is 6.92 Å². The Labute approximate surface area is 275 Å². The van der Waals surface area contributed by atoms with E-state index in [2.05, 4.69) is 25.1 Å². The van der Waals surface area contributed by atoms with Gasteiger partial charge in [0.15, 0.2) is 11.0 Å². The lowest BCUT2D eigenvalue weighted by Crippen LogP contribution is -2.31. The van der Waals surface area contributed by atoms with Gasteiger partial charge in [-0.15, -0.1) is 13.2 Å². The maximum absolute atomic E-state index is 13.0. The number of carbonyl (C=O) groups excluding carboxylic acids is 2. The average Bonchev–Trinajstić information content (AvgIpc) is 3.47. The number of hydrogen-bond acceptors (Lipinski definition) is 7. The van der Waals surface area contributed by atoms with Gasteiger partial charge in [0, 0.05) is 12.1 Å². The number of urea groups is 1. The van der Waals surface area contributed by atoms with Crippen molar-refractivity contribution in [2.45, 2.75) is 59.4 Å². The molecule has 0 atom stereocenters. The van der Waals surface area contributed by atoms with Gasteiger partial charge in [0.05, 0.1) is 11.4 Å². The van der Waals surface area contributed by atoms with Crippen LogP contribution >= 0.6 is 11.8 Å². The molecule has 0 saturated carbocycles. The van der Waals surface area contributed by atoms with Gasteiger partial charge in [0.1, 0.15) is 23.4 Å². The molecule has 10 nitrogen and oxygen atoms in total. The molecule has 1 heterocycles. The van der Waals surface area contributed by atoms with Gasteiger partial charge in [-0.25, -0.2) is 14.5 Å². The zero-order valence-corrected chi connectivity index (χ0v) is 27.4. The number of thioether (sulfide) groups is 1. The van der Waals surface area contributed by atoms with E-state index >= 15 is 0 Å². The highest BCUT2D eigenvalue weighted by atomic mass is 32.2. The number of rotatable bonds is 10. The molecule has 248 valence electrons. The Morgan fingerprint density at radius 3 is 2.34 bits per heavy atom. The van der Waals surface area contributed by atoms with E-state index in [1.54, 1.807) is 18.2 Å². The smallest absolute Gasteiger partial charge is 0.486 e. The number of anilines is 2. The molecule has 0 radical (unpaired) electrons. The number of aromatic nitrogens is 3. The number of carbonyl (C=O) groups is 2. The predicted molar refractivity (Wildman–Crippen MR) is 177 cm³/mol. The van der Waals surface area contributed by atoms with Crippen molar-refractivity contribution in [2.75, 3.05) is 16.0 Å². The topological polar surface area (TPSA) is 111 Å². The van der Waals surface area contributed by atoms with Crippen molar-refractivity contribution in [1.29, 1.82) is 0 Å². The summed E-state index contributed by atoms with van der Waals surface area (Å²) in [5.41, 5.74) is 2.92. The highest BCUT2D eigenvalue weighted by Crippen LogP contribution is 2.33.